The van der Waals surface area contributed by atoms with Gasteiger partial charge in [0, 0.05) is 37.1 Å². The number of hydrogen-bond donors (Lipinski definition) is 1. The molecule has 3 nitrogen and oxygen atoms in total. The standard InChI is InChI=1S/C22H33N3/c23-19-8-6-16(7-9-19)14-25-15-20(17-4-2-1-3-5-17)22-21(25)18-10-12-24(22)13-11-18/h1-5,16,18-22H,6-15,23H2/t16?,19?,20-,21-,22-/m0/s1. The predicted molar refractivity (Wildman–Crippen MR) is 103 cm³/mol. The van der Waals surface area contributed by atoms with E-state index in [1.54, 1.807) is 5.56 Å². The second kappa shape index (κ2) is 6.68. The van der Waals surface area contributed by atoms with Crippen LogP contribution in [0.5, 0.6) is 0 Å². The summed E-state index contributed by atoms with van der Waals surface area (Å²) < 4.78 is 0. The third-order valence-corrected chi connectivity index (χ3v) is 7.71. The van der Waals surface area contributed by atoms with Gasteiger partial charge < -0.3 is 5.73 Å². The number of hydrogen-bond acceptors (Lipinski definition) is 3. The average Bonchev–Trinajstić information content (AvgIpc) is 3.07. The number of fused-ring (bicyclic) bond motifs is 2. The smallest absolute Gasteiger partial charge is 0.0335 e. The fourth-order valence-corrected chi connectivity index (χ4v) is 6.44. The van der Waals surface area contributed by atoms with E-state index in [0.29, 0.717) is 12.0 Å². The lowest BCUT2D eigenvalue weighted by atomic mass is 9.75. The summed E-state index contributed by atoms with van der Waals surface area (Å²) in [6.07, 6.45) is 8.02. The number of nitrogens with two attached hydrogens (primary N) is 1. The van der Waals surface area contributed by atoms with Crippen LogP contribution in [0.15, 0.2) is 30.3 Å². The van der Waals surface area contributed by atoms with Gasteiger partial charge in [0.15, 0.2) is 0 Å². The first-order valence-electron chi connectivity index (χ1n) is 10.6. The molecule has 6 rings (SSSR count). The molecule has 136 valence electrons. The van der Waals surface area contributed by atoms with Crippen molar-refractivity contribution < 1.29 is 0 Å². The molecule has 2 N–H and O–H groups in total. The van der Waals surface area contributed by atoms with Crippen LogP contribution in [0.3, 0.4) is 0 Å². The molecule has 1 aromatic carbocycles. The van der Waals surface area contributed by atoms with Crippen molar-refractivity contribution in [3.05, 3.63) is 35.9 Å². The lowest BCUT2D eigenvalue weighted by Crippen LogP contribution is -2.60. The highest BCUT2D eigenvalue weighted by atomic mass is 15.3. The summed E-state index contributed by atoms with van der Waals surface area (Å²) in [5.41, 5.74) is 7.71. The predicted octanol–water partition coefficient (Wildman–Crippen LogP) is 3.07. The van der Waals surface area contributed by atoms with Crippen molar-refractivity contribution in [3.8, 4) is 0 Å². The minimum Gasteiger partial charge on any atom is -0.328 e. The van der Waals surface area contributed by atoms with E-state index in [4.69, 9.17) is 5.73 Å². The van der Waals surface area contributed by atoms with Crippen molar-refractivity contribution >= 4 is 0 Å². The molecule has 4 saturated heterocycles. The fraction of sp³-hybridized carbons (Fsp3) is 0.727. The molecule has 0 aromatic heterocycles. The summed E-state index contributed by atoms with van der Waals surface area (Å²) in [6, 6.07) is 13.4. The van der Waals surface area contributed by atoms with Crippen LogP contribution in [0, 0.1) is 11.8 Å². The molecule has 0 unspecified atom stereocenters. The SMILES string of the molecule is NC1CCC(CN2C[C@@H](c3ccccc3)[C@H]3[C@@H]2C2CCN3CC2)CC1. The van der Waals surface area contributed by atoms with Crippen LogP contribution < -0.4 is 5.73 Å². The lowest BCUT2D eigenvalue weighted by Gasteiger charge is -2.51. The Balaban J connectivity index is 1.38. The minimum absolute atomic E-state index is 0.469. The van der Waals surface area contributed by atoms with E-state index in [9.17, 15) is 0 Å². The fourth-order valence-electron chi connectivity index (χ4n) is 6.44. The van der Waals surface area contributed by atoms with Crippen molar-refractivity contribution in [2.45, 2.75) is 62.6 Å². The largest absolute Gasteiger partial charge is 0.328 e. The van der Waals surface area contributed by atoms with Crippen LogP contribution in [0.25, 0.3) is 0 Å². The average molecular weight is 340 g/mol. The Labute approximate surface area is 152 Å². The van der Waals surface area contributed by atoms with E-state index < -0.39 is 0 Å². The minimum atomic E-state index is 0.469. The molecule has 1 aromatic rings. The zero-order valence-corrected chi connectivity index (χ0v) is 15.4. The second-order valence-electron chi connectivity index (χ2n) is 9.11. The van der Waals surface area contributed by atoms with E-state index in [0.717, 1.165) is 23.9 Å². The highest BCUT2D eigenvalue weighted by Gasteiger charge is 2.53. The van der Waals surface area contributed by atoms with Crippen LogP contribution in [0.1, 0.15) is 50.0 Å². The molecule has 1 saturated carbocycles. The number of likely N-dealkylation sites (tertiary alicyclic amines) is 1. The van der Waals surface area contributed by atoms with E-state index in [1.165, 1.54) is 64.7 Å². The van der Waals surface area contributed by atoms with Crippen molar-refractivity contribution in [3.63, 3.8) is 0 Å². The first-order valence-corrected chi connectivity index (χ1v) is 10.6. The van der Waals surface area contributed by atoms with Gasteiger partial charge in [0.1, 0.15) is 0 Å². The highest BCUT2D eigenvalue weighted by molar-refractivity contribution is 5.27. The molecule has 1 aliphatic carbocycles. The van der Waals surface area contributed by atoms with E-state index in [2.05, 4.69) is 40.1 Å². The van der Waals surface area contributed by atoms with Crippen molar-refractivity contribution in [2.24, 2.45) is 17.6 Å². The molecule has 3 heteroatoms. The lowest BCUT2D eigenvalue weighted by molar-refractivity contribution is -0.0117. The molecular formula is C22H33N3. The number of benzene rings is 1. The van der Waals surface area contributed by atoms with Gasteiger partial charge in [-0.25, -0.2) is 0 Å². The molecule has 4 heterocycles. The second-order valence-corrected chi connectivity index (χ2v) is 9.11. The van der Waals surface area contributed by atoms with Crippen LogP contribution >= 0.6 is 0 Å². The maximum atomic E-state index is 6.14. The van der Waals surface area contributed by atoms with Gasteiger partial charge in [-0.05, 0) is 69.0 Å². The maximum absolute atomic E-state index is 6.14. The monoisotopic (exact) mass is 339 g/mol. The molecule has 25 heavy (non-hydrogen) atoms. The quantitative estimate of drug-likeness (QED) is 0.919. The Morgan fingerprint density at radius 1 is 0.880 bits per heavy atom. The third-order valence-electron chi connectivity index (χ3n) is 7.71. The topological polar surface area (TPSA) is 32.5 Å². The van der Waals surface area contributed by atoms with Gasteiger partial charge in [-0.3, -0.25) is 9.80 Å². The zero-order valence-electron chi connectivity index (χ0n) is 15.4. The van der Waals surface area contributed by atoms with E-state index in [1.807, 2.05) is 0 Å². The first kappa shape index (κ1) is 16.3. The van der Waals surface area contributed by atoms with Gasteiger partial charge in [0.2, 0.25) is 0 Å². The number of nitrogens with zero attached hydrogens (tertiary/aromatic N) is 2. The Bertz CT molecular complexity index is 572. The van der Waals surface area contributed by atoms with E-state index in [-0.39, 0.29) is 0 Å². The van der Waals surface area contributed by atoms with Crippen LogP contribution in [-0.2, 0) is 0 Å². The Morgan fingerprint density at radius 2 is 1.60 bits per heavy atom. The molecule has 3 atom stereocenters. The summed E-state index contributed by atoms with van der Waals surface area (Å²) in [5, 5.41) is 0. The van der Waals surface area contributed by atoms with Crippen LogP contribution in [-0.4, -0.2) is 54.1 Å². The normalized spacial score (nSPS) is 44.0. The Morgan fingerprint density at radius 3 is 2.32 bits per heavy atom. The van der Waals surface area contributed by atoms with Gasteiger partial charge in [-0.1, -0.05) is 30.3 Å². The first-order chi connectivity index (χ1) is 12.3. The molecule has 5 aliphatic rings. The summed E-state index contributed by atoms with van der Waals surface area (Å²) in [7, 11) is 0. The van der Waals surface area contributed by atoms with Gasteiger partial charge in [0.05, 0.1) is 0 Å². The third kappa shape index (κ3) is 2.94. The molecule has 0 spiro atoms. The maximum Gasteiger partial charge on any atom is 0.0335 e. The molecule has 0 radical (unpaired) electrons. The number of rotatable bonds is 3. The van der Waals surface area contributed by atoms with Gasteiger partial charge in [0.25, 0.3) is 0 Å². The Hall–Kier alpha value is -0.900. The van der Waals surface area contributed by atoms with Crippen molar-refractivity contribution in [2.75, 3.05) is 26.2 Å². The van der Waals surface area contributed by atoms with Crippen molar-refractivity contribution in [1.82, 2.24) is 9.80 Å². The summed E-state index contributed by atoms with van der Waals surface area (Å²) >= 11 is 0. The van der Waals surface area contributed by atoms with Gasteiger partial charge in [-0.15, -0.1) is 0 Å². The van der Waals surface area contributed by atoms with E-state index >= 15 is 0 Å². The van der Waals surface area contributed by atoms with Crippen LogP contribution in [0.4, 0.5) is 0 Å². The summed E-state index contributed by atoms with van der Waals surface area (Å²) in [6.45, 7) is 5.26. The summed E-state index contributed by atoms with van der Waals surface area (Å²) in [5.74, 6) is 2.53. The molecule has 4 aliphatic heterocycles. The molecular weight excluding hydrogens is 306 g/mol. The Kier molecular flexibility index (Phi) is 4.35. The van der Waals surface area contributed by atoms with Crippen molar-refractivity contribution in [1.29, 1.82) is 0 Å². The van der Waals surface area contributed by atoms with Gasteiger partial charge >= 0.3 is 0 Å². The summed E-state index contributed by atoms with van der Waals surface area (Å²) in [4.78, 5) is 5.75. The highest BCUT2D eigenvalue weighted by Crippen LogP contribution is 2.47. The van der Waals surface area contributed by atoms with Crippen LogP contribution in [0.2, 0.25) is 0 Å². The number of piperidine rings is 3. The molecule has 0 amide bonds. The zero-order chi connectivity index (χ0) is 16.8. The van der Waals surface area contributed by atoms with Gasteiger partial charge in [-0.2, -0.15) is 0 Å². The molecule has 5 fully saturated rings. The molecule has 2 bridgehead atoms.